The molecule has 0 bridgehead atoms. The minimum atomic E-state index is -0.227. The fraction of sp³-hybridized carbons (Fsp3) is 0.0930. The van der Waals surface area contributed by atoms with Crippen molar-refractivity contribution < 1.29 is 9.59 Å². The average Bonchev–Trinajstić information content (AvgIpc) is 3.87. The molecular weight excluding hydrogens is 689 g/mol. The standard InChI is InChI=1S/C43H32N10O2/c1-51-21-5-9-29-7-3-11-35(43(29)51)46-39(55)25-53-23-37(48-50-53)31-17-15-27-13-12-26-14-16-30(32-18-19-33(31)41(27)40(26)32)36-22-52(49-47-36)24-38(54)45-34-10-2-6-28-8-4-20-44-42(28)34/h2-20,22-23H,21,24-25H2,1H3,(H,45,54)(H,46,55). The Hall–Kier alpha value is -7.47. The molecule has 1 aliphatic rings. The SMILES string of the molecule is CN1CC=Cc2cccc(NC(=O)Cn3cc(-c4ccc5ccc6ccc(-c7cn(CC(=O)Nc8cccc9cccnc89)nn7)c7ccc4c5c67)nn3)c21. The quantitative estimate of drug-likeness (QED) is 0.155. The van der Waals surface area contributed by atoms with Crippen molar-refractivity contribution in [2.75, 3.05) is 29.1 Å². The highest BCUT2D eigenvalue weighted by Crippen LogP contribution is 2.42. The van der Waals surface area contributed by atoms with Crippen molar-refractivity contribution in [2.45, 2.75) is 13.1 Å². The average molecular weight is 721 g/mol. The molecule has 3 aromatic heterocycles. The van der Waals surface area contributed by atoms with Crippen LogP contribution < -0.4 is 15.5 Å². The van der Waals surface area contributed by atoms with Gasteiger partial charge in [-0.25, -0.2) is 9.36 Å². The lowest BCUT2D eigenvalue weighted by Crippen LogP contribution is -2.24. The summed E-state index contributed by atoms with van der Waals surface area (Å²) >= 11 is 0. The molecule has 0 saturated carbocycles. The molecule has 12 heteroatoms. The Morgan fingerprint density at radius 2 is 1.24 bits per heavy atom. The van der Waals surface area contributed by atoms with Crippen LogP contribution in [0.2, 0.25) is 0 Å². The van der Waals surface area contributed by atoms with Crippen molar-refractivity contribution in [3.8, 4) is 22.5 Å². The van der Waals surface area contributed by atoms with Gasteiger partial charge in [-0.05, 0) is 56.1 Å². The van der Waals surface area contributed by atoms with Crippen LogP contribution in [0.15, 0.2) is 122 Å². The third-order valence-corrected chi connectivity index (χ3v) is 10.2. The first-order chi connectivity index (χ1) is 27.0. The number of amides is 2. The molecule has 6 aromatic carbocycles. The number of carbonyl (C=O) groups is 2. The van der Waals surface area contributed by atoms with E-state index in [1.54, 1.807) is 21.8 Å². The Morgan fingerprint density at radius 3 is 1.91 bits per heavy atom. The van der Waals surface area contributed by atoms with Gasteiger partial charge < -0.3 is 15.5 Å². The first-order valence-corrected chi connectivity index (χ1v) is 17.9. The van der Waals surface area contributed by atoms with Crippen LogP contribution in [0, 0.1) is 0 Å². The van der Waals surface area contributed by atoms with E-state index in [-0.39, 0.29) is 24.9 Å². The number of rotatable bonds is 8. The summed E-state index contributed by atoms with van der Waals surface area (Å²) in [6.45, 7) is 0.797. The third-order valence-electron chi connectivity index (χ3n) is 10.2. The summed E-state index contributed by atoms with van der Waals surface area (Å²) in [6.07, 6.45) is 9.51. The summed E-state index contributed by atoms with van der Waals surface area (Å²) < 4.78 is 3.12. The van der Waals surface area contributed by atoms with Gasteiger partial charge in [0.1, 0.15) is 24.5 Å². The maximum Gasteiger partial charge on any atom is 0.246 e. The van der Waals surface area contributed by atoms with Crippen molar-refractivity contribution in [1.82, 2.24) is 35.0 Å². The lowest BCUT2D eigenvalue weighted by molar-refractivity contribution is -0.117. The van der Waals surface area contributed by atoms with Gasteiger partial charge in [0.05, 0.1) is 35.0 Å². The maximum absolute atomic E-state index is 13.2. The molecule has 0 fully saturated rings. The molecule has 0 saturated heterocycles. The summed E-state index contributed by atoms with van der Waals surface area (Å²) in [4.78, 5) is 32.8. The number of aromatic nitrogens is 7. The Morgan fingerprint density at radius 1 is 0.655 bits per heavy atom. The zero-order valence-electron chi connectivity index (χ0n) is 29.6. The van der Waals surface area contributed by atoms with Crippen LogP contribution in [0.1, 0.15) is 5.56 Å². The minimum absolute atomic E-state index is 0.00306. The van der Waals surface area contributed by atoms with E-state index in [2.05, 4.69) is 102 Å². The van der Waals surface area contributed by atoms with Crippen LogP contribution in [0.4, 0.5) is 17.1 Å². The summed E-state index contributed by atoms with van der Waals surface area (Å²) in [6, 6.07) is 32.2. The van der Waals surface area contributed by atoms with E-state index in [4.69, 9.17) is 0 Å². The number of para-hydroxylation sites is 2. The first-order valence-electron chi connectivity index (χ1n) is 17.9. The number of nitrogens with one attached hydrogen (secondary N) is 2. The molecule has 4 heterocycles. The molecule has 2 N–H and O–H groups in total. The molecule has 2 amide bonds. The number of hydrogen-bond donors (Lipinski definition) is 2. The van der Waals surface area contributed by atoms with Gasteiger partial charge in [-0.1, -0.05) is 101 Å². The van der Waals surface area contributed by atoms with Crippen molar-refractivity contribution in [3.05, 3.63) is 127 Å². The van der Waals surface area contributed by atoms with E-state index < -0.39 is 0 Å². The topological polar surface area (TPSA) is 136 Å². The van der Waals surface area contributed by atoms with Crippen LogP contribution in [0.3, 0.4) is 0 Å². The second-order valence-corrected chi connectivity index (χ2v) is 13.8. The number of pyridine rings is 1. The van der Waals surface area contributed by atoms with Crippen molar-refractivity contribution in [2.24, 2.45) is 0 Å². The second-order valence-electron chi connectivity index (χ2n) is 13.8. The number of hydrogen-bond acceptors (Lipinski definition) is 8. The van der Waals surface area contributed by atoms with Crippen LogP contribution in [-0.2, 0) is 22.7 Å². The highest BCUT2D eigenvalue weighted by molar-refractivity contribution is 6.27. The molecule has 266 valence electrons. The Labute approximate surface area is 314 Å². The number of benzene rings is 6. The molecule has 0 aliphatic carbocycles. The highest BCUT2D eigenvalue weighted by Gasteiger charge is 2.20. The number of anilines is 3. The van der Waals surface area contributed by atoms with Crippen LogP contribution in [0.25, 0.3) is 71.8 Å². The zero-order chi connectivity index (χ0) is 37.0. The first kappa shape index (κ1) is 32.2. The molecule has 12 nitrogen and oxygen atoms in total. The Bertz CT molecular complexity index is 2990. The lowest BCUT2D eigenvalue weighted by atomic mass is 9.89. The van der Waals surface area contributed by atoms with E-state index in [1.165, 1.54) is 0 Å². The molecular formula is C43H32N10O2. The van der Waals surface area contributed by atoms with E-state index in [9.17, 15) is 9.59 Å². The van der Waals surface area contributed by atoms with Crippen LogP contribution in [0.5, 0.6) is 0 Å². The van der Waals surface area contributed by atoms with Gasteiger partial charge in [-0.15, -0.1) is 10.2 Å². The van der Waals surface area contributed by atoms with E-state index in [1.807, 2.05) is 61.8 Å². The summed E-state index contributed by atoms with van der Waals surface area (Å²) in [7, 11) is 2.01. The summed E-state index contributed by atoms with van der Waals surface area (Å²) in [5, 5.41) is 31.1. The maximum atomic E-state index is 13.2. The Balaban J connectivity index is 0.924. The van der Waals surface area contributed by atoms with Gasteiger partial charge in [-0.2, -0.15) is 0 Å². The summed E-state index contributed by atoms with van der Waals surface area (Å²) in [5.74, 6) is -0.411. The number of nitrogens with zero attached hydrogens (tertiary/aromatic N) is 8. The lowest BCUT2D eigenvalue weighted by Gasteiger charge is -2.26. The van der Waals surface area contributed by atoms with E-state index in [0.717, 1.165) is 77.8 Å². The van der Waals surface area contributed by atoms with Crippen molar-refractivity contribution >= 4 is 78.2 Å². The van der Waals surface area contributed by atoms with Gasteiger partial charge >= 0.3 is 0 Å². The van der Waals surface area contributed by atoms with Gasteiger partial charge in [0.15, 0.2) is 0 Å². The minimum Gasteiger partial charge on any atom is -0.369 e. The van der Waals surface area contributed by atoms with E-state index >= 15 is 0 Å². The molecule has 0 atom stereocenters. The third kappa shape index (κ3) is 5.67. The van der Waals surface area contributed by atoms with Crippen molar-refractivity contribution in [3.63, 3.8) is 0 Å². The largest absolute Gasteiger partial charge is 0.369 e. The van der Waals surface area contributed by atoms with Gasteiger partial charge in [0, 0.05) is 36.3 Å². The monoisotopic (exact) mass is 720 g/mol. The van der Waals surface area contributed by atoms with Gasteiger partial charge in [0.25, 0.3) is 0 Å². The highest BCUT2D eigenvalue weighted by atomic mass is 16.2. The molecule has 0 spiro atoms. The fourth-order valence-corrected chi connectivity index (χ4v) is 7.78. The smallest absolute Gasteiger partial charge is 0.246 e. The van der Waals surface area contributed by atoms with E-state index in [0.29, 0.717) is 17.1 Å². The number of carbonyl (C=O) groups excluding carboxylic acids is 2. The van der Waals surface area contributed by atoms with Crippen LogP contribution in [-0.4, -0.2) is 60.4 Å². The van der Waals surface area contributed by atoms with Gasteiger partial charge in [-0.3, -0.25) is 14.6 Å². The second kappa shape index (κ2) is 12.9. The molecule has 0 unspecified atom stereocenters. The zero-order valence-corrected chi connectivity index (χ0v) is 29.6. The van der Waals surface area contributed by atoms with Crippen LogP contribution >= 0.6 is 0 Å². The molecule has 1 aliphatic heterocycles. The predicted octanol–water partition coefficient (Wildman–Crippen LogP) is 7.39. The normalized spacial score (nSPS) is 12.6. The number of fused-ring (bicyclic) bond motifs is 2. The molecule has 0 radical (unpaired) electrons. The number of likely N-dealkylation sites (N-methyl/N-ethyl adjacent to an activating group) is 1. The fourth-order valence-electron chi connectivity index (χ4n) is 7.78. The van der Waals surface area contributed by atoms with Crippen molar-refractivity contribution in [1.29, 1.82) is 0 Å². The predicted molar refractivity (Wildman–Crippen MR) is 216 cm³/mol. The van der Waals surface area contributed by atoms with Gasteiger partial charge in [0.2, 0.25) is 11.8 Å². The summed E-state index contributed by atoms with van der Waals surface area (Å²) in [5.41, 5.74) is 7.38. The Kier molecular flexibility index (Phi) is 7.54. The molecule has 10 rings (SSSR count). The molecule has 55 heavy (non-hydrogen) atoms. The molecule has 9 aromatic rings.